The maximum absolute atomic E-state index is 10.2. The third kappa shape index (κ3) is 2.32. The quantitative estimate of drug-likeness (QED) is 0.688. The van der Waals surface area contributed by atoms with Gasteiger partial charge in [-0.3, -0.25) is 4.55 Å². The van der Waals surface area contributed by atoms with Crippen molar-refractivity contribution in [2.75, 3.05) is 0 Å². The second-order valence-electron chi connectivity index (χ2n) is 2.07. The molecule has 1 aromatic carbocycles. The summed E-state index contributed by atoms with van der Waals surface area (Å²) in [5.74, 6) is 0.438. The van der Waals surface area contributed by atoms with Crippen molar-refractivity contribution in [2.45, 2.75) is 6.92 Å². The van der Waals surface area contributed by atoms with Gasteiger partial charge in [-0.15, -0.1) is 0 Å². The van der Waals surface area contributed by atoms with E-state index in [4.69, 9.17) is 4.55 Å². The van der Waals surface area contributed by atoms with Crippen LogP contribution in [-0.2, 0) is 11.4 Å². The van der Waals surface area contributed by atoms with Gasteiger partial charge in [0.25, 0.3) is 0 Å². The van der Waals surface area contributed by atoms with E-state index in [2.05, 4.69) is 4.18 Å². The summed E-state index contributed by atoms with van der Waals surface area (Å²) in [6.07, 6.45) is 0. The minimum Gasteiger partial charge on any atom is -0.380 e. The van der Waals surface area contributed by atoms with E-state index in [9.17, 15) is 4.21 Å². The molecule has 1 aromatic rings. The van der Waals surface area contributed by atoms with Crippen molar-refractivity contribution >= 4 is 11.4 Å². The molecule has 1 atom stereocenters. The molecule has 1 unspecified atom stereocenters. The summed E-state index contributed by atoms with van der Waals surface area (Å²) in [7, 11) is 0. The molecular weight excluding hydrogens is 164 g/mol. The Morgan fingerprint density at radius 3 is 2.64 bits per heavy atom. The fraction of sp³-hybridized carbons (Fsp3) is 0.143. The molecule has 0 saturated carbocycles. The van der Waals surface area contributed by atoms with Crippen molar-refractivity contribution < 1.29 is 12.9 Å². The Hall–Kier alpha value is -0.870. The molecule has 60 valence electrons. The van der Waals surface area contributed by atoms with Crippen LogP contribution in [0.5, 0.6) is 5.75 Å². The number of hydrogen-bond donors (Lipinski definition) is 1. The van der Waals surface area contributed by atoms with Crippen LogP contribution in [0.1, 0.15) is 5.56 Å². The van der Waals surface area contributed by atoms with Crippen LogP contribution < -0.4 is 4.18 Å². The summed E-state index contributed by atoms with van der Waals surface area (Å²) >= 11 is -2.23. The maximum atomic E-state index is 10.2. The van der Waals surface area contributed by atoms with E-state index in [0.29, 0.717) is 5.75 Å². The molecule has 1 N–H and O–H groups in total. The van der Waals surface area contributed by atoms with E-state index >= 15 is 0 Å². The number of benzene rings is 1. The highest BCUT2D eigenvalue weighted by Gasteiger charge is 1.99. The predicted molar refractivity (Wildman–Crippen MR) is 42.6 cm³/mol. The van der Waals surface area contributed by atoms with Gasteiger partial charge in [-0.25, -0.2) is 0 Å². The van der Waals surface area contributed by atoms with Crippen LogP contribution in [0.25, 0.3) is 0 Å². The predicted octanol–water partition coefficient (Wildman–Crippen LogP) is 1.51. The Balaban J connectivity index is 2.86. The second-order valence-corrected chi connectivity index (χ2v) is 2.67. The summed E-state index contributed by atoms with van der Waals surface area (Å²) in [5.41, 5.74) is 0.843. The summed E-state index contributed by atoms with van der Waals surface area (Å²) in [6.45, 7) is 1.81. The molecule has 0 radical (unpaired) electrons. The molecule has 0 aliphatic carbocycles. The highest BCUT2D eigenvalue weighted by Crippen LogP contribution is 2.16. The molecule has 0 heterocycles. The third-order valence-electron chi connectivity index (χ3n) is 1.25. The molecule has 0 aliphatic rings. The largest absolute Gasteiger partial charge is 0.380 e. The Kier molecular flexibility index (Phi) is 2.62. The Morgan fingerprint density at radius 1 is 1.45 bits per heavy atom. The van der Waals surface area contributed by atoms with Crippen molar-refractivity contribution in [3.05, 3.63) is 29.8 Å². The fourth-order valence-corrected chi connectivity index (χ4v) is 1.07. The minimum atomic E-state index is -2.23. The summed E-state index contributed by atoms with van der Waals surface area (Å²) in [6, 6.07) is 7.03. The zero-order valence-corrected chi connectivity index (χ0v) is 6.80. The standard InChI is InChI=1S/C7H8O3S/c1-6-4-2-3-5-7(6)10-11(8)9/h2-5H,1H3,(H,8,9). The average molecular weight is 172 g/mol. The van der Waals surface area contributed by atoms with Crippen molar-refractivity contribution in [3.63, 3.8) is 0 Å². The van der Waals surface area contributed by atoms with Crippen LogP contribution in [-0.4, -0.2) is 8.76 Å². The molecule has 3 nitrogen and oxygen atoms in total. The van der Waals surface area contributed by atoms with Gasteiger partial charge in [0.1, 0.15) is 5.75 Å². The van der Waals surface area contributed by atoms with E-state index in [1.54, 1.807) is 12.1 Å². The van der Waals surface area contributed by atoms with Crippen LogP contribution in [0.2, 0.25) is 0 Å². The summed E-state index contributed by atoms with van der Waals surface area (Å²) in [5, 5.41) is 0. The van der Waals surface area contributed by atoms with Crippen LogP contribution >= 0.6 is 0 Å². The molecule has 0 amide bonds. The lowest BCUT2D eigenvalue weighted by molar-refractivity contribution is 0.456. The fourth-order valence-electron chi connectivity index (χ4n) is 0.727. The highest BCUT2D eigenvalue weighted by molar-refractivity contribution is 7.74. The molecule has 4 heteroatoms. The lowest BCUT2D eigenvalue weighted by atomic mass is 10.2. The normalized spacial score (nSPS) is 12.5. The lowest BCUT2D eigenvalue weighted by Crippen LogP contribution is -1.98. The van der Waals surface area contributed by atoms with Gasteiger partial charge in [0.05, 0.1) is 0 Å². The van der Waals surface area contributed by atoms with Gasteiger partial charge in [-0.05, 0) is 18.6 Å². The van der Waals surface area contributed by atoms with Crippen molar-refractivity contribution in [2.24, 2.45) is 0 Å². The second kappa shape index (κ2) is 3.50. The number of hydrogen-bond acceptors (Lipinski definition) is 2. The Labute approximate surface area is 67.5 Å². The molecule has 0 bridgehead atoms. The maximum Gasteiger partial charge on any atom is 0.357 e. The van der Waals surface area contributed by atoms with Crippen LogP contribution in [0, 0.1) is 6.92 Å². The Bertz CT molecular complexity index is 272. The highest BCUT2D eigenvalue weighted by atomic mass is 32.2. The molecule has 0 aromatic heterocycles. The molecule has 11 heavy (non-hydrogen) atoms. The van der Waals surface area contributed by atoms with E-state index < -0.39 is 11.4 Å². The summed E-state index contributed by atoms with van der Waals surface area (Å²) in [4.78, 5) is 0. The van der Waals surface area contributed by atoms with Crippen LogP contribution in [0.4, 0.5) is 0 Å². The van der Waals surface area contributed by atoms with Crippen molar-refractivity contribution in [1.29, 1.82) is 0 Å². The molecular formula is C7H8O3S. The first-order valence-electron chi connectivity index (χ1n) is 3.05. The van der Waals surface area contributed by atoms with E-state index in [1.165, 1.54) is 0 Å². The topological polar surface area (TPSA) is 46.5 Å². The van der Waals surface area contributed by atoms with Crippen molar-refractivity contribution in [3.8, 4) is 5.75 Å². The lowest BCUT2D eigenvalue weighted by Gasteiger charge is -2.01. The monoisotopic (exact) mass is 172 g/mol. The minimum absolute atomic E-state index is 0.438. The third-order valence-corrected chi connectivity index (χ3v) is 1.58. The van der Waals surface area contributed by atoms with Gasteiger partial charge < -0.3 is 4.18 Å². The molecule has 1 rings (SSSR count). The summed E-state index contributed by atoms with van der Waals surface area (Å²) < 4.78 is 23.2. The van der Waals surface area contributed by atoms with Crippen molar-refractivity contribution in [1.82, 2.24) is 0 Å². The van der Waals surface area contributed by atoms with E-state index in [1.807, 2.05) is 19.1 Å². The van der Waals surface area contributed by atoms with Gasteiger partial charge in [-0.2, -0.15) is 4.21 Å². The number of para-hydroxylation sites is 1. The van der Waals surface area contributed by atoms with Gasteiger partial charge in [0, 0.05) is 0 Å². The van der Waals surface area contributed by atoms with Gasteiger partial charge in [-0.1, -0.05) is 18.2 Å². The van der Waals surface area contributed by atoms with Gasteiger partial charge >= 0.3 is 11.4 Å². The average Bonchev–Trinajstić information content (AvgIpc) is 1.93. The first-order chi connectivity index (χ1) is 5.20. The first-order valence-corrected chi connectivity index (χ1v) is 4.08. The molecule has 0 fully saturated rings. The van der Waals surface area contributed by atoms with Gasteiger partial charge in [0.2, 0.25) is 0 Å². The van der Waals surface area contributed by atoms with Gasteiger partial charge in [0.15, 0.2) is 0 Å². The van der Waals surface area contributed by atoms with Crippen LogP contribution in [0.15, 0.2) is 24.3 Å². The zero-order valence-electron chi connectivity index (χ0n) is 5.98. The Morgan fingerprint density at radius 2 is 2.09 bits per heavy atom. The molecule has 0 spiro atoms. The zero-order chi connectivity index (χ0) is 8.27. The number of aryl methyl sites for hydroxylation is 1. The molecule has 0 aliphatic heterocycles. The van der Waals surface area contributed by atoms with E-state index in [-0.39, 0.29) is 0 Å². The molecule has 0 saturated heterocycles. The smallest absolute Gasteiger partial charge is 0.357 e. The first kappa shape index (κ1) is 8.23. The SMILES string of the molecule is Cc1ccccc1OS(=O)O. The number of rotatable bonds is 2. The van der Waals surface area contributed by atoms with E-state index in [0.717, 1.165) is 5.56 Å². The van der Waals surface area contributed by atoms with Crippen LogP contribution in [0.3, 0.4) is 0 Å².